The molecule has 3 nitrogen and oxygen atoms in total. The number of fused-ring (bicyclic) bond motifs is 1. The third kappa shape index (κ3) is 2.99. The number of benzene rings is 2. The molecule has 0 spiro atoms. The molecule has 0 fully saturated rings. The molecule has 2 aromatic rings. The summed E-state index contributed by atoms with van der Waals surface area (Å²) in [5.41, 5.74) is 9.36. The van der Waals surface area contributed by atoms with Gasteiger partial charge in [-0.25, -0.2) is 0 Å². The monoisotopic (exact) mass is 302 g/mol. The van der Waals surface area contributed by atoms with Gasteiger partial charge >= 0.3 is 0 Å². The van der Waals surface area contributed by atoms with Gasteiger partial charge in [-0.3, -0.25) is 0 Å². The second kappa shape index (κ2) is 5.96. The summed E-state index contributed by atoms with van der Waals surface area (Å²) in [7, 11) is 2.11. The van der Waals surface area contributed by atoms with E-state index in [1.54, 1.807) is 0 Å². The Hall–Kier alpha value is -1.71. The van der Waals surface area contributed by atoms with Crippen LogP contribution in [0.1, 0.15) is 11.1 Å². The van der Waals surface area contributed by atoms with Crippen molar-refractivity contribution in [1.29, 1.82) is 0 Å². The van der Waals surface area contributed by atoms with Crippen molar-refractivity contribution in [1.82, 2.24) is 0 Å². The molecule has 4 heteroatoms. The minimum atomic E-state index is 0.590. The zero-order valence-corrected chi connectivity index (χ0v) is 12.9. The molecule has 1 heterocycles. The van der Waals surface area contributed by atoms with Crippen molar-refractivity contribution in [3.05, 3.63) is 52.5 Å². The lowest BCUT2D eigenvalue weighted by molar-refractivity contribution is 0.476. The smallest absolute Gasteiger partial charge is 0.132 e. The fourth-order valence-corrected chi connectivity index (χ4v) is 2.88. The van der Waals surface area contributed by atoms with E-state index in [2.05, 4.69) is 24.1 Å². The number of hydrogen-bond acceptors (Lipinski definition) is 3. The topological polar surface area (TPSA) is 38.5 Å². The van der Waals surface area contributed by atoms with Crippen molar-refractivity contribution in [2.75, 3.05) is 25.0 Å². The molecule has 3 rings (SSSR count). The van der Waals surface area contributed by atoms with Crippen LogP contribution in [0, 0.1) is 0 Å². The van der Waals surface area contributed by atoms with Gasteiger partial charge < -0.3 is 15.4 Å². The van der Waals surface area contributed by atoms with Gasteiger partial charge in [-0.1, -0.05) is 17.7 Å². The van der Waals surface area contributed by atoms with E-state index in [0.29, 0.717) is 11.6 Å². The Labute approximate surface area is 130 Å². The van der Waals surface area contributed by atoms with Gasteiger partial charge in [-0.05, 0) is 60.8 Å². The van der Waals surface area contributed by atoms with Gasteiger partial charge in [-0.15, -0.1) is 0 Å². The summed E-state index contributed by atoms with van der Waals surface area (Å²) in [6.45, 7) is 1.65. The van der Waals surface area contributed by atoms with Gasteiger partial charge in [0.05, 0.1) is 0 Å². The Morgan fingerprint density at radius 3 is 2.90 bits per heavy atom. The van der Waals surface area contributed by atoms with E-state index in [1.807, 2.05) is 24.3 Å². The van der Waals surface area contributed by atoms with Crippen LogP contribution in [0.5, 0.6) is 11.5 Å². The minimum absolute atomic E-state index is 0.590. The number of nitrogens with zero attached hydrogens (tertiary/aromatic N) is 1. The van der Waals surface area contributed by atoms with Crippen LogP contribution in [0.3, 0.4) is 0 Å². The summed E-state index contributed by atoms with van der Waals surface area (Å²) in [4.78, 5) is 2.26. The van der Waals surface area contributed by atoms with Gasteiger partial charge in [0.1, 0.15) is 11.5 Å². The Morgan fingerprint density at radius 2 is 2.10 bits per heavy atom. The van der Waals surface area contributed by atoms with Gasteiger partial charge in [0.2, 0.25) is 0 Å². The van der Waals surface area contributed by atoms with Crippen LogP contribution in [0.15, 0.2) is 36.4 Å². The summed E-state index contributed by atoms with van der Waals surface area (Å²) in [6.07, 6.45) is 1.84. The van der Waals surface area contributed by atoms with E-state index in [9.17, 15) is 0 Å². The average molecular weight is 303 g/mol. The SMILES string of the molecule is CN1CCc2cc(Oc3cc(Cl)ccc3CCN)ccc21. The van der Waals surface area contributed by atoms with Crippen LogP contribution < -0.4 is 15.4 Å². The molecule has 0 aromatic heterocycles. The molecular formula is C17H19ClN2O. The summed E-state index contributed by atoms with van der Waals surface area (Å²) in [5, 5.41) is 0.673. The first-order valence-corrected chi connectivity index (χ1v) is 7.55. The molecule has 0 saturated carbocycles. The second-order valence-electron chi connectivity index (χ2n) is 5.35. The molecule has 1 aliphatic heterocycles. The molecule has 1 aliphatic rings. The van der Waals surface area contributed by atoms with E-state index in [4.69, 9.17) is 22.1 Å². The van der Waals surface area contributed by atoms with E-state index < -0.39 is 0 Å². The largest absolute Gasteiger partial charge is 0.457 e. The lowest BCUT2D eigenvalue weighted by Crippen LogP contribution is -2.12. The fourth-order valence-electron chi connectivity index (χ4n) is 2.72. The lowest BCUT2D eigenvalue weighted by Gasteiger charge is -2.14. The number of anilines is 1. The number of nitrogens with two attached hydrogens (primary N) is 1. The molecule has 0 amide bonds. The maximum Gasteiger partial charge on any atom is 0.132 e. The molecule has 110 valence electrons. The van der Waals surface area contributed by atoms with Crippen LogP contribution >= 0.6 is 11.6 Å². The quantitative estimate of drug-likeness (QED) is 0.937. The molecule has 0 aliphatic carbocycles. The molecule has 0 saturated heterocycles. The molecule has 0 radical (unpaired) electrons. The van der Waals surface area contributed by atoms with E-state index in [-0.39, 0.29) is 0 Å². The highest BCUT2D eigenvalue weighted by atomic mass is 35.5. The zero-order chi connectivity index (χ0) is 14.8. The number of likely N-dealkylation sites (N-methyl/N-ethyl adjacent to an activating group) is 1. The normalized spacial score (nSPS) is 13.4. The van der Waals surface area contributed by atoms with Crippen molar-refractivity contribution in [3.63, 3.8) is 0 Å². The Balaban J connectivity index is 1.88. The van der Waals surface area contributed by atoms with Crippen LogP contribution in [0.4, 0.5) is 5.69 Å². The highest BCUT2D eigenvalue weighted by Gasteiger charge is 2.16. The van der Waals surface area contributed by atoms with Crippen molar-refractivity contribution >= 4 is 17.3 Å². The summed E-state index contributed by atoms with van der Waals surface area (Å²) in [6, 6.07) is 11.9. The number of rotatable bonds is 4. The van der Waals surface area contributed by atoms with Gasteiger partial charge in [0.25, 0.3) is 0 Å². The van der Waals surface area contributed by atoms with Crippen molar-refractivity contribution in [2.24, 2.45) is 5.73 Å². The van der Waals surface area contributed by atoms with Crippen LogP contribution in [0.2, 0.25) is 5.02 Å². The predicted octanol–water partition coefficient (Wildman–Crippen LogP) is 3.63. The summed E-state index contributed by atoms with van der Waals surface area (Å²) < 4.78 is 6.04. The highest BCUT2D eigenvalue weighted by molar-refractivity contribution is 6.30. The van der Waals surface area contributed by atoms with Crippen molar-refractivity contribution < 1.29 is 4.74 Å². The molecule has 2 aromatic carbocycles. The third-order valence-electron chi connectivity index (χ3n) is 3.85. The number of hydrogen-bond donors (Lipinski definition) is 1. The molecule has 2 N–H and O–H groups in total. The molecule has 0 atom stereocenters. The van der Waals surface area contributed by atoms with Crippen LogP contribution in [0.25, 0.3) is 0 Å². The molecule has 21 heavy (non-hydrogen) atoms. The maximum absolute atomic E-state index is 6.08. The Bertz CT molecular complexity index is 657. The Morgan fingerprint density at radius 1 is 1.24 bits per heavy atom. The van der Waals surface area contributed by atoms with Gasteiger partial charge in [0.15, 0.2) is 0 Å². The minimum Gasteiger partial charge on any atom is -0.457 e. The second-order valence-corrected chi connectivity index (χ2v) is 5.79. The van der Waals surface area contributed by atoms with Crippen LogP contribution in [-0.4, -0.2) is 20.1 Å². The highest BCUT2D eigenvalue weighted by Crippen LogP contribution is 2.34. The van der Waals surface area contributed by atoms with E-state index in [1.165, 1.54) is 11.3 Å². The Kier molecular flexibility index (Phi) is 4.04. The molecule has 0 unspecified atom stereocenters. The maximum atomic E-state index is 6.08. The van der Waals surface area contributed by atoms with Crippen LogP contribution in [-0.2, 0) is 12.8 Å². The van der Waals surface area contributed by atoms with Crippen molar-refractivity contribution in [2.45, 2.75) is 12.8 Å². The van der Waals surface area contributed by atoms with Gasteiger partial charge in [-0.2, -0.15) is 0 Å². The lowest BCUT2D eigenvalue weighted by atomic mass is 10.1. The number of ether oxygens (including phenoxy) is 1. The third-order valence-corrected chi connectivity index (χ3v) is 4.08. The first-order chi connectivity index (χ1) is 10.2. The predicted molar refractivity (Wildman–Crippen MR) is 87.7 cm³/mol. The zero-order valence-electron chi connectivity index (χ0n) is 12.1. The van der Waals surface area contributed by atoms with Crippen molar-refractivity contribution in [3.8, 4) is 11.5 Å². The average Bonchev–Trinajstić information content (AvgIpc) is 2.83. The number of halogens is 1. The molecular weight excluding hydrogens is 284 g/mol. The summed E-state index contributed by atoms with van der Waals surface area (Å²) >= 11 is 6.08. The van der Waals surface area contributed by atoms with Gasteiger partial charge in [0, 0.05) is 24.3 Å². The van der Waals surface area contributed by atoms with E-state index in [0.717, 1.165) is 36.4 Å². The molecule has 0 bridgehead atoms. The first-order valence-electron chi connectivity index (χ1n) is 7.18. The van der Waals surface area contributed by atoms with E-state index >= 15 is 0 Å². The summed E-state index contributed by atoms with van der Waals surface area (Å²) in [5.74, 6) is 1.64. The first kappa shape index (κ1) is 14.2. The fraction of sp³-hybridized carbons (Fsp3) is 0.294. The standard InChI is InChI=1S/C17H19ClN2O/c1-20-9-7-13-10-15(4-5-16(13)20)21-17-11-14(18)3-2-12(17)6-8-19/h2-5,10-11H,6-9,19H2,1H3.